The molecular weight excluding hydrogens is 396 g/mol. The first kappa shape index (κ1) is 17.5. The zero-order valence-electron chi connectivity index (χ0n) is 13.9. The monoisotopic (exact) mass is 412 g/mol. The van der Waals surface area contributed by atoms with Crippen molar-refractivity contribution in [2.24, 2.45) is 0 Å². The third-order valence-corrected chi connectivity index (χ3v) is 5.05. The van der Waals surface area contributed by atoms with Crippen LogP contribution in [0.4, 0.5) is 0 Å². The number of halogens is 1. The van der Waals surface area contributed by atoms with Gasteiger partial charge in [0.1, 0.15) is 5.69 Å². The van der Waals surface area contributed by atoms with Gasteiger partial charge in [0.15, 0.2) is 0 Å². The van der Waals surface area contributed by atoms with Gasteiger partial charge in [0, 0.05) is 15.7 Å². The summed E-state index contributed by atoms with van der Waals surface area (Å²) in [5, 5.41) is 10.6. The molecule has 25 heavy (non-hydrogen) atoms. The van der Waals surface area contributed by atoms with Gasteiger partial charge in [-0.25, -0.2) is 0 Å². The molecule has 0 saturated carbocycles. The molecule has 2 aromatic carbocycles. The Morgan fingerprint density at radius 1 is 0.920 bits per heavy atom. The minimum absolute atomic E-state index is 0. The molecule has 4 aromatic rings. The molecular formula is C19H17BrN4S. The molecule has 0 bridgehead atoms. The lowest BCUT2D eigenvalue weighted by Gasteiger charge is -1.96. The normalized spacial score (nSPS) is 10.5. The SMILES string of the molecule is Cc1cc(-[n+]2nc(-c3ccccc3)nn2-c2ccccc2)sc1C.[Br-]. The molecule has 0 unspecified atom stereocenters. The maximum atomic E-state index is 4.76. The molecule has 6 heteroatoms. The van der Waals surface area contributed by atoms with E-state index < -0.39 is 0 Å². The first-order chi connectivity index (χ1) is 11.7. The minimum atomic E-state index is 0. The molecule has 0 radical (unpaired) electrons. The summed E-state index contributed by atoms with van der Waals surface area (Å²) in [6.45, 7) is 4.25. The second kappa shape index (κ2) is 7.29. The second-order valence-corrected chi connectivity index (χ2v) is 6.86. The van der Waals surface area contributed by atoms with E-state index in [2.05, 4.69) is 19.9 Å². The molecule has 0 aliphatic carbocycles. The summed E-state index contributed by atoms with van der Waals surface area (Å²) in [7, 11) is 0. The fourth-order valence-corrected chi connectivity index (χ4v) is 3.48. The van der Waals surface area contributed by atoms with Crippen molar-refractivity contribution < 1.29 is 21.8 Å². The van der Waals surface area contributed by atoms with Crippen LogP contribution >= 0.6 is 11.3 Å². The topological polar surface area (TPSA) is 34.6 Å². The molecule has 0 fully saturated rings. The van der Waals surface area contributed by atoms with Crippen molar-refractivity contribution in [1.82, 2.24) is 15.0 Å². The van der Waals surface area contributed by atoms with Crippen LogP contribution in [0.2, 0.25) is 0 Å². The first-order valence-electron chi connectivity index (χ1n) is 7.80. The largest absolute Gasteiger partial charge is 1.00 e. The predicted molar refractivity (Wildman–Crippen MR) is 95.7 cm³/mol. The van der Waals surface area contributed by atoms with Gasteiger partial charge in [-0.1, -0.05) is 47.7 Å². The smallest absolute Gasteiger partial charge is 0.340 e. The van der Waals surface area contributed by atoms with Crippen LogP contribution in [0, 0.1) is 13.8 Å². The van der Waals surface area contributed by atoms with Gasteiger partial charge < -0.3 is 17.0 Å². The minimum Gasteiger partial charge on any atom is -1.00 e. The summed E-state index contributed by atoms with van der Waals surface area (Å²) >= 11 is 1.72. The van der Waals surface area contributed by atoms with E-state index in [4.69, 9.17) is 10.2 Å². The third kappa shape index (κ3) is 3.41. The van der Waals surface area contributed by atoms with Gasteiger partial charge in [-0.05, 0) is 53.6 Å². The summed E-state index contributed by atoms with van der Waals surface area (Å²) < 4.78 is 0. The standard InChI is InChI=1S/C19H17N4S.BrH/c1-14-13-18(24-15(14)2)23-21-19(16-9-5-3-6-10-16)20-22(23)17-11-7-4-8-12-17;/h3-13H,1-2H3;1H/q+1;/p-1. The number of aryl methyl sites for hydroxylation is 2. The fraction of sp³-hybridized carbons (Fsp3) is 0.105. The van der Waals surface area contributed by atoms with Gasteiger partial charge >= 0.3 is 5.82 Å². The van der Waals surface area contributed by atoms with Gasteiger partial charge in [0.25, 0.3) is 0 Å². The van der Waals surface area contributed by atoms with E-state index in [0.717, 1.165) is 16.3 Å². The van der Waals surface area contributed by atoms with Gasteiger partial charge in [-0.15, -0.1) is 0 Å². The lowest BCUT2D eigenvalue weighted by atomic mass is 10.2. The molecule has 0 amide bonds. The Morgan fingerprint density at radius 3 is 2.16 bits per heavy atom. The zero-order valence-corrected chi connectivity index (χ0v) is 16.3. The number of rotatable bonds is 3. The Kier molecular flexibility index (Phi) is 5.11. The van der Waals surface area contributed by atoms with E-state index in [9.17, 15) is 0 Å². The number of tetrazole rings is 1. The highest BCUT2D eigenvalue weighted by atomic mass is 79.9. The number of hydrogen-bond acceptors (Lipinski definition) is 3. The number of hydrogen-bond donors (Lipinski definition) is 0. The van der Waals surface area contributed by atoms with Gasteiger partial charge in [-0.3, -0.25) is 0 Å². The molecule has 0 aliphatic heterocycles. The molecule has 0 saturated heterocycles. The average molecular weight is 413 g/mol. The Labute approximate surface area is 161 Å². The van der Waals surface area contributed by atoms with E-state index in [-0.39, 0.29) is 17.0 Å². The summed E-state index contributed by atoms with van der Waals surface area (Å²) in [6.07, 6.45) is 0. The summed E-state index contributed by atoms with van der Waals surface area (Å²) in [4.78, 5) is 5.02. The van der Waals surface area contributed by atoms with Crippen LogP contribution in [0.1, 0.15) is 10.4 Å². The average Bonchev–Trinajstić information content (AvgIpc) is 3.21. The zero-order chi connectivity index (χ0) is 16.5. The van der Waals surface area contributed by atoms with E-state index >= 15 is 0 Å². The Morgan fingerprint density at radius 2 is 1.56 bits per heavy atom. The van der Waals surface area contributed by atoms with Crippen LogP contribution in [0.5, 0.6) is 0 Å². The van der Waals surface area contributed by atoms with Crippen molar-refractivity contribution >= 4 is 11.3 Å². The molecule has 0 N–H and O–H groups in total. The van der Waals surface area contributed by atoms with Crippen LogP contribution in [0.15, 0.2) is 66.7 Å². The molecule has 0 spiro atoms. The molecule has 126 valence electrons. The third-order valence-electron chi connectivity index (χ3n) is 3.93. The van der Waals surface area contributed by atoms with E-state index in [1.165, 1.54) is 10.4 Å². The highest BCUT2D eigenvalue weighted by Gasteiger charge is 2.24. The highest BCUT2D eigenvalue weighted by molar-refractivity contribution is 7.14. The van der Waals surface area contributed by atoms with Crippen molar-refractivity contribution in [3.63, 3.8) is 0 Å². The molecule has 2 aromatic heterocycles. The van der Waals surface area contributed by atoms with Crippen molar-refractivity contribution in [3.8, 4) is 22.1 Å². The summed E-state index contributed by atoms with van der Waals surface area (Å²) in [5.74, 6) is 0.711. The predicted octanol–water partition coefficient (Wildman–Crippen LogP) is 0.893. The van der Waals surface area contributed by atoms with Crippen molar-refractivity contribution in [3.05, 3.63) is 77.2 Å². The Hall–Kier alpha value is -2.31. The number of benzene rings is 2. The maximum absolute atomic E-state index is 4.76. The Balaban J connectivity index is 0.00000182. The molecule has 0 aliphatic rings. The molecule has 0 atom stereocenters. The second-order valence-electron chi connectivity index (χ2n) is 5.63. The van der Waals surface area contributed by atoms with Crippen molar-refractivity contribution in [1.29, 1.82) is 0 Å². The number of thiophene rings is 1. The van der Waals surface area contributed by atoms with Gasteiger partial charge in [0.05, 0.1) is 10.7 Å². The molecule has 4 rings (SSSR count). The van der Waals surface area contributed by atoms with Crippen LogP contribution < -0.4 is 21.8 Å². The van der Waals surface area contributed by atoms with Crippen LogP contribution in [0.3, 0.4) is 0 Å². The number of aromatic nitrogens is 4. The van der Waals surface area contributed by atoms with Crippen LogP contribution in [-0.2, 0) is 0 Å². The highest BCUT2D eigenvalue weighted by Crippen LogP contribution is 2.21. The molecule has 2 heterocycles. The van der Waals surface area contributed by atoms with E-state index in [1.54, 1.807) is 11.3 Å². The first-order valence-corrected chi connectivity index (χ1v) is 8.62. The maximum Gasteiger partial charge on any atom is 0.340 e. The Bertz CT molecular complexity index is 958. The van der Waals surface area contributed by atoms with E-state index in [1.807, 2.05) is 70.3 Å². The van der Waals surface area contributed by atoms with Gasteiger partial charge in [0.2, 0.25) is 5.00 Å². The molecule has 4 nitrogen and oxygen atoms in total. The number of nitrogens with zero attached hydrogens (tertiary/aromatic N) is 4. The van der Waals surface area contributed by atoms with Crippen LogP contribution in [-0.4, -0.2) is 15.0 Å². The quantitative estimate of drug-likeness (QED) is 0.468. The lowest BCUT2D eigenvalue weighted by molar-refractivity contribution is -0.731. The fourth-order valence-electron chi connectivity index (χ4n) is 2.51. The lowest BCUT2D eigenvalue weighted by Crippen LogP contribution is -3.00. The van der Waals surface area contributed by atoms with Crippen molar-refractivity contribution in [2.75, 3.05) is 0 Å². The summed E-state index contributed by atoms with van der Waals surface area (Å²) in [5.41, 5.74) is 3.26. The van der Waals surface area contributed by atoms with Crippen LogP contribution in [0.25, 0.3) is 22.1 Å². The van der Waals surface area contributed by atoms with Gasteiger partial charge in [-0.2, -0.15) is 0 Å². The van der Waals surface area contributed by atoms with Crippen molar-refractivity contribution in [2.45, 2.75) is 13.8 Å². The van der Waals surface area contributed by atoms with E-state index in [0.29, 0.717) is 5.82 Å². The number of para-hydroxylation sites is 1. The summed E-state index contributed by atoms with van der Waals surface area (Å²) in [6, 6.07) is 22.3.